The van der Waals surface area contributed by atoms with Crippen molar-refractivity contribution in [1.29, 1.82) is 0 Å². The molecule has 0 radical (unpaired) electrons. The standard InChI is InChI=1S/C16H14ClN3O5S/c17-13-3-1-2-11(6-13)10-26-5-4-18-16(21)12-7-14(19(22)23)9-15(8-12)20(24)25/h1-3,6-9H,4-5,10H2,(H,18,21). The fraction of sp³-hybridized carbons (Fsp3) is 0.188. The van der Waals surface area contributed by atoms with E-state index < -0.39 is 27.1 Å². The number of benzene rings is 2. The summed E-state index contributed by atoms with van der Waals surface area (Å²) in [6.07, 6.45) is 0. The Bertz CT molecular complexity index is 814. The van der Waals surface area contributed by atoms with Crippen molar-refractivity contribution in [3.63, 3.8) is 0 Å². The largest absolute Gasteiger partial charge is 0.351 e. The molecule has 0 aliphatic rings. The predicted molar refractivity (Wildman–Crippen MR) is 99.7 cm³/mol. The summed E-state index contributed by atoms with van der Waals surface area (Å²) in [6, 6.07) is 10.3. The molecule has 0 saturated heterocycles. The van der Waals surface area contributed by atoms with Gasteiger partial charge in [0.05, 0.1) is 21.5 Å². The molecule has 10 heteroatoms. The lowest BCUT2D eigenvalue weighted by atomic mass is 10.1. The Kier molecular flexibility index (Phi) is 6.93. The molecule has 2 aromatic carbocycles. The molecule has 2 rings (SSSR count). The molecule has 0 unspecified atom stereocenters. The number of rotatable bonds is 8. The van der Waals surface area contributed by atoms with Gasteiger partial charge in [0.1, 0.15) is 0 Å². The van der Waals surface area contributed by atoms with E-state index in [4.69, 9.17) is 11.6 Å². The van der Waals surface area contributed by atoms with Gasteiger partial charge in [0, 0.05) is 35.2 Å². The number of nitrogens with one attached hydrogen (secondary N) is 1. The van der Waals surface area contributed by atoms with E-state index in [9.17, 15) is 25.0 Å². The second-order valence-corrected chi connectivity index (χ2v) is 6.73. The van der Waals surface area contributed by atoms with Crippen LogP contribution in [0.1, 0.15) is 15.9 Å². The van der Waals surface area contributed by atoms with E-state index in [2.05, 4.69) is 5.32 Å². The van der Waals surface area contributed by atoms with Crippen molar-refractivity contribution in [2.75, 3.05) is 12.3 Å². The van der Waals surface area contributed by atoms with Crippen molar-refractivity contribution < 1.29 is 14.6 Å². The quantitative estimate of drug-likeness (QED) is 0.412. The average molecular weight is 396 g/mol. The molecule has 1 amide bonds. The highest BCUT2D eigenvalue weighted by atomic mass is 35.5. The van der Waals surface area contributed by atoms with Crippen LogP contribution < -0.4 is 5.32 Å². The Morgan fingerprint density at radius 1 is 1.08 bits per heavy atom. The van der Waals surface area contributed by atoms with Gasteiger partial charge in [-0.05, 0) is 17.7 Å². The lowest BCUT2D eigenvalue weighted by Crippen LogP contribution is -2.25. The molecule has 0 saturated carbocycles. The third-order valence-corrected chi connectivity index (χ3v) is 4.54. The highest BCUT2D eigenvalue weighted by Gasteiger charge is 2.19. The van der Waals surface area contributed by atoms with Crippen LogP contribution in [0.5, 0.6) is 0 Å². The number of amides is 1. The molecule has 26 heavy (non-hydrogen) atoms. The fourth-order valence-electron chi connectivity index (χ4n) is 2.09. The molecule has 136 valence electrons. The molecule has 0 spiro atoms. The van der Waals surface area contributed by atoms with Crippen LogP contribution in [-0.4, -0.2) is 28.1 Å². The van der Waals surface area contributed by atoms with Crippen molar-refractivity contribution in [2.24, 2.45) is 0 Å². The summed E-state index contributed by atoms with van der Waals surface area (Å²) in [4.78, 5) is 32.2. The number of non-ortho nitro benzene ring substituents is 2. The van der Waals surface area contributed by atoms with Gasteiger partial charge in [-0.15, -0.1) is 0 Å². The minimum absolute atomic E-state index is 0.120. The smallest absolute Gasteiger partial charge is 0.277 e. The first-order valence-electron chi connectivity index (χ1n) is 7.41. The number of halogens is 1. The van der Waals surface area contributed by atoms with Crippen molar-refractivity contribution in [2.45, 2.75) is 5.75 Å². The molecule has 0 aliphatic carbocycles. The van der Waals surface area contributed by atoms with E-state index in [1.54, 1.807) is 17.8 Å². The van der Waals surface area contributed by atoms with Gasteiger partial charge in [-0.1, -0.05) is 23.7 Å². The molecule has 1 N–H and O–H groups in total. The summed E-state index contributed by atoms with van der Waals surface area (Å²) >= 11 is 7.48. The van der Waals surface area contributed by atoms with Crippen LogP contribution in [0.15, 0.2) is 42.5 Å². The number of hydrogen-bond donors (Lipinski definition) is 1. The molecule has 0 aliphatic heterocycles. The van der Waals surface area contributed by atoms with Gasteiger partial charge in [-0.3, -0.25) is 25.0 Å². The molecule has 2 aromatic rings. The Morgan fingerprint density at radius 3 is 2.31 bits per heavy atom. The summed E-state index contributed by atoms with van der Waals surface area (Å²) in [5.74, 6) is 0.730. The van der Waals surface area contributed by atoms with Gasteiger partial charge in [0.2, 0.25) is 0 Å². The highest BCUT2D eigenvalue weighted by Crippen LogP contribution is 2.22. The molecule has 0 bridgehead atoms. The van der Waals surface area contributed by atoms with Gasteiger partial charge in [0.25, 0.3) is 17.3 Å². The Labute approximate surface area is 157 Å². The Morgan fingerprint density at radius 2 is 1.73 bits per heavy atom. The molecule has 0 heterocycles. The summed E-state index contributed by atoms with van der Waals surface area (Å²) in [7, 11) is 0. The third-order valence-electron chi connectivity index (χ3n) is 3.28. The number of carbonyl (C=O) groups excluding carboxylic acids is 1. The van der Waals surface area contributed by atoms with Gasteiger partial charge >= 0.3 is 0 Å². The number of nitro groups is 2. The fourth-order valence-corrected chi connectivity index (χ4v) is 3.11. The number of nitro benzene ring substituents is 2. The Hall–Kier alpha value is -2.65. The summed E-state index contributed by atoms with van der Waals surface area (Å²) in [5, 5.41) is 24.9. The van der Waals surface area contributed by atoms with Crippen molar-refractivity contribution in [3.8, 4) is 0 Å². The van der Waals surface area contributed by atoms with Gasteiger partial charge in [0.15, 0.2) is 0 Å². The van der Waals surface area contributed by atoms with E-state index >= 15 is 0 Å². The Balaban J connectivity index is 1.89. The zero-order valence-electron chi connectivity index (χ0n) is 13.4. The zero-order valence-corrected chi connectivity index (χ0v) is 15.0. The maximum absolute atomic E-state index is 12.1. The predicted octanol–water partition coefficient (Wildman–Crippen LogP) is 3.82. The van der Waals surface area contributed by atoms with Gasteiger partial charge in [-0.25, -0.2) is 0 Å². The zero-order chi connectivity index (χ0) is 19.1. The number of carbonyl (C=O) groups is 1. The molecule has 8 nitrogen and oxygen atoms in total. The van der Waals surface area contributed by atoms with E-state index in [1.165, 1.54) is 0 Å². The second-order valence-electron chi connectivity index (χ2n) is 5.19. The van der Waals surface area contributed by atoms with Gasteiger partial charge in [-0.2, -0.15) is 11.8 Å². The topological polar surface area (TPSA) is 115 Å². The maximum Gasteiger partial charge on any atom is 0.277 e. The summed E-state index contributed by atoms with van der Waals surface area (Å²) < 4.78 is 0. The minimum atomic E-state index is -0.773. The first-order chi connectivity index (χ1) is 12.4. The molecular formula is C16H14ClN3O5S. The highest BCUT2D eigenvalue weighted by molar-refractivity contribution is 7.98. The number of hydrogen-bond acceptors (Lipinski definition) is 6. The van der Waals surface area contributed by atoms with E-state index in [1.807, 2.05) is 18.2 Å². The van der Waals surface area contributed by atoms with E-state index in [0.29, 0.717) is 17.3 Å². The molecule has 0 atom stereocenters. The second kappa shape index (κ2) is 9.16. The van der Waals surface area contributed by atoms with Crippen LogP contribution in [-0.2, 0) is 5.75 Å². The number of nitrogens with zero attached hydrogens (tertiary/aromatic N) is 2. The van der Waals surface area contributed by atoms with Crippen LogP contribution in [0.25, 0.3) is 0 Å². The minimum Gasteiger partial charge on any atom is -0.351 e. The van der Waals surface area contributed by atoms with Crippen LogP contribution in [0, 0.1) is 20.2 Å². The average Bonchev–Trinajstić information content (AvgIpc) is 2.60. The molecule has 0 aromatic heterocycles. The number of thioether (sulfide) groups is 1. The first-order valence-corrected chi connectivity index (χ1v) is 8.94. The van der Waals surface area contributed by atoms with Gasteiger partial charge < -0.3 is 5.32 Å². The summed E-state index contributed by atoms with van der Waals surface area (Å²) in [5.41, 5.74) is -0.0618. The lowest BCUT2D eigenvalue weighted by Gasteiger charge is -2.06. The molecular weight excluding hydrogens is 382 g/mol. The van der Waals surface area contributed by atoms with E-state index in [-0.39, 0.29) is 5.56 Å². The van der Waals surface area contributed by atoms with Crippen LogP contribution in [0.3, 0.4) is 0 Å². The molecule has 0 fully saturated rings. The van der Waals surface area contributed by atoms with Crippen LogP contribution in [0.2, 0.25) is 5.02 Å². The first kappa shape index (κ1) is 19.7. The monoisotopic (exact) mass is 395 g/mol. The van der Waals surface area contributed by atoms with Crippen molar-refractivity contribution in [1.82, 2.24) is 5.32 Å². The van der Waals surface area contributed by atoms with Crippen molar-refractivity contribution >= 4 is 40.6 Å². The maximum atomic E-state index is 12.1. The lowest BCUT2D eigenvalue weighted by molar-refractivity contribution is -0.394. The van der Waals surface area contributed by atoms with E-state index in [0.717, 1.165) is 29.5 Å². The SMILES string of the molecule is O=C(NCCSCc1cccc(Cl)c1)c1cc([N+](=O)[O-])cc([N+](=O)[O-])c1. The van der Waals surface area contributed by atoms with Crippen LogP contribution in [0.4, 0.5) is 11.4 Å². The normalized spacial score (nSPS) is 10.3. The summed E-state index contributed by atoms with van der Waals surface area (Å²) in [6.45, 7) is 0.320. The third kappa shape index (κ3) is 5.71. The van der Waals surface area contributed by atoms with Crippen molar-refractivity contribution in [3.05, 3.63) is 78.8 Å². The van der Waals surface area contributed by atoms with Crippen LogP contribution >= 0.6 is 23.4 Å².